The van der Waals surface area contributed by atoms with Crippen molar-refractivity contribution in [1.82, 2.24) is 5.32 Å². The molecule has 0 aromatic carbocycles. The normalized spacial score (nSPS) is 32.9. The van der Waals surface area contributed by atoms with Gasteiger partial charge < -0.3 is 10.4 Å². The van der Waals surface area contributed by atoms with Gasteiger partial charge in [-0.05, 0) is 6.54 Å². The minimum atomic E-state index is -0.847. The summed E-state index contributed by atoms with van der Waals surface area (Å²) >= 11 is 0. The molecule has 1 aliphatic heterocycles. The van der Waals surface area contributed by atoms with Gasteiger partial charge in [-0.25, -0.2) is 0 Å². The number of hydrogen-bond donors (Lipinski definition) is 2. The van der Waals surface area contributed by atoms with E-state index in [0.717, 1.165) is 6.54 Å². The summed E-state index contributed by atoms with van der Waals surface area (Å²) in [7, 11) is 0. The fourth-order valence-electron chi connectivity index (χ4n) is 0.802. The third kappa shape index (κ3) is 1.87. The largest absolute Gasteiger partial charge is 0.376 e. The topological polar surface area (TPSA) is 32.3 Å². The van der Waals surface area contributed by atoms with Gasteiger partial charge in [-0.2, -0.15) is 0 Å². The van der Waals surface area contributed by atoms with Crippen LogP contribution in [-0.4, -0.2) is 23.8 Å². The van der Waals surface area contributed by atoms with Gasteiger partial charge in [0.25, 0.3) is 0 Å². The molecule has 1 unspecified atom stereocenters. The number of nitrogens with one attached hydrogen (secondary N) is 1. The van der Waals surface area contributed by atoms with Crippen molar-refractivity contribution in [3.8, 4) is 12.3 Å². The molecule has 1 atom stereocenters. The van der Waals surface area contributed by atoms with E-state index in [4.69, 9.17) is 6.42 Å². The van der Waals surface area contributed by atoms with Crippen molar-refractivity contribution in [2.45, 2.75) is 12.0 Å². The molecule has 0 radical (unpaired) electrons. The SMILES string of the molecule is C#CC1(O)CCNC1.Cl. The van der Waals surface area contributed by atoms with E-state index < -0.39 is 5.60 Å². The first-order chi connectivity index (χ1) is 3.77. The van der Waals surface area contributed by atoms with Gasteiger partial charge in [0.05, 0.1) is 0 Å². The number of hydrogen-bond acceptors (Lipinski definition) is 2. The lowest BCUT2D eigenvalue weighted by molar-refractivity contribution is 0.124. The summed E-state index contributed by atoms with van der Waals surface area (Å²) in [6.45, 7) is 1.38. The third-order valence-corrected chi connectivity index (χ3v) is 1.40. The van der Waals surface area contributed by atoms with Gasteiger partial charge in [-0.15, -0.1) is 18.8 Å². The van der Waals surface area contributed by atoms with Crippen molar-refractivity contribution in [3.63, 3.8) is 0 Å². The van der Waals surface area contributed by atoms with Crippen molar-refractivity contribution in [1.29, 1.82) is 0 Å². The van der Waals surface area contributed by atoms with Crippen LogP contribution in [0, 0.1) is 12.3 Å². The fourth-order valence-corrected chi connectivity index (χ4v) is 0.802. The Hall–Kier alpha value is -0.230. The Bertz CT molecular complexity index is 124. The summed E-state index contributed by atoms with van der Waals surface area (Å²) in [5.41, 5.74) is -0.847. The standard InChI is InChI=1S/C6H9NO.ClH/c1-2-6(8)3-4-7-5-6;/h1,7-8H,3-5H2;1H. The fraction of sp³-hybridized carbons (Fsp3) is 0.667. The van der Waals surface area contributed by atoms with E-state index in [1.54, 1.807) is 0 Å². The minimum Gasteiger partial charge on any atom is -0.376 e. The molecule has 0 bridgehead atoms. The Kier molecular flexibility index (Phi) is 2.99. The predicted molar refractivity (Wildman–Crippen MR) is 38.5 cm³/mol. The van der Waals surface area contributed by atoms with Crippen molar-refractivity contribution in [2.24, 2.45) is 0 Å². The number of rotatable bonds is 0. The average Bonchev–Trinajstić information content (AvgIpc) is 2.17. The maximum atomic E-state index is 9.20. The van der Waals surface area contributed by atoms with Crippen LogP contribution < -0.4 is 5.32 Å². The lowest BCUT2D eigenvalue weighted by atomic mass is 10.1. The van der Waals surface area contributed by atoms with Crippen molar-refractivity contribution in [3.05, 3.63) is 0 Å². The second kappa shape index (κ2) is 3.07. The van der Waals surface area contributed by atoms with E-state index >= 15 is 0 Å². The number of aliphatic hydroxyl groups is 1. The Morgan fingerprint density at radius 2 is 2.33 bits per heavy atom. The Morgan fingerprint density at radius 1 is 1.67 bits per heavy atom. The second-order valence-corrected chi connectivity index (χ2v) is 2.10. The van der Waals surface area contributed by atoms with E-state index in [1.807, 2.05) is 0 Å². The second-order valence-electron chi connectivity index (χ2n) is 2.10. The monoisotopic (exact) mass is 147 g/mol. The molecule has 1 fully saturated rings. The molecule has 1 rings (SSSR count). The first kappa shape index (κ1) is 8.77. The quantitative estimate of drug-likeness (QED) is 0.464. The van der Waals surface area contributed by atoms with E-state index in [1.165, 1.54) is 0 Å². The first-order valence-electron chi connectivity index (χ1n) is 2.68. The van der Waals surface area contributed by atoms with Gasteiger partial charge >= 0.3 is 0 Å². The number of terminal acetylenes is 1. The number of halogens is 1. The Balaban J connectivity index is 0.000000640. The van der Waals surface area contributed by atoms with Gasteiger partial charge in [-0.3, -0.25) is 0 Å². The zero-order valence-electron chi connectivity index (χ0n) is 5.05. The third-order valence-electron chi connectivity index (χ3n) is 1.40. The van der Waals surface area contributed by atoms with Crippen LogP contribution in [-0.2, 0) is 0 Å². The highest BCUT2D eigenvalue weighted by Gasteiger charge is 2.27. The molecule has 3 heteroatoms. The number of β-amino-alcohol motifs (C(OH)–C–C–N with tert-alkyl or cyclic N) is 1. The Labute approximate surface area is 61.1 Å². The summed E-state index contributed by atoms with van der Waals surface area (Å²) in [4.78, 5) is 0. The molecule has 1 aliphatic rings. The zero-order valence-corrected chi connectivity index (χ0v) is 5.87. The first-order valence-corrected chi connectivity index (χ1v) is 2.68. The molecule has 1 saturated heterocycles. The van der Waals surface area contributed by atoms with Gasteiger partial charge in [0.1, 0.15) is 5.60 Å². The van der Waals surface area contributed by atoms with Gasteiger partial charge in [0, 0.05) is 13.0 Å². The molecular weight excluding hydrogens is 138 g/mol. The van der Waals surface area contributed by atoms with Crippen molar-refractivity contribution >= 4 is 12.4 Å². The van der Waals surface area contributed by atoms with Crippen molar-refractivity contribution in [2.75, 3.05) is 13.1 Å². The maximum absolute atomic E-state index is 9.20. The molecule has 9 heavy (non-hydrogen) atoms. The lowest BCUT2D eigenvalue weighted by Gasteiger charge is -2.10. The highest BCUT2D eigenvalue weighted by molar-refractivity contribution is 5.85. The van der Waals surface area contributed by atoms with Gasteiger partial charge in [0.15, 0.2) is 0 Å². The molecular formula is C6H10ClNO. The van der Waals surface area contributed by atoms with Gasteiger partial charge in [0.2, 0.25) is 0 Å². The van der Waals surface area contributed by atoms with Crippen LogP contribution in [0.5, 0.6) is 0 Å². The lowest BCUT2D eigenvalue weighted by Crippen LogP contribution is -2.28. The van der Waals surface area contributed by atoms with E-state index in [0.29, 0.717) is 13.0 Å². The van der Waals surface area contributed by atoms with Crippen LogP contribution in [0.2, 0.25) is 0 Å². The molecule has 0 saturated carbocycles. The molecule has 0 spiro atoms. The van der Waals surface area contributed by atoms with Crippen LogP contribution in [0.25, 0.3) is 0 Å². The molecule has 0 aromatic rings. The Morgan fingerprint density at radius 3 is 2.56 bits per heavy atom. The molecule has 0 aromatic heterocycles. The molecule has 0 amide bonds. The zero-order chi connectivity index (χ0) is 6.04. The van der Waals surface area contributed by atoms with E-state index in [-0.39, 0.29) is 12.4 Å². The van der Waals surface area contributed by atoms with E-state index in [9.17, 15) is 5.11 Å². The summed E-state index contributed by atoms with van der Waals surface area (Å²) in [6.07, 6.45) is 5.71. The predicted octanol–water partition coefficient (Wildman–Crippen LogP) is -0.234. The minimum absolute atomic E-state index is 0. The molecule has 2 nitrogen and oxygen atoms in total. The van der Waals surface area contributed by atoms with E-state index in [2.05, 4.69) is 11.2 Å². The van der Waals surface area contributed by atoms with Crippen molar-refractivity contribution < 1.29 is 5.11 Å². The molecule has 0 aliphatic carbocycles. The molecule has 52 valence electrons. The highest BCUT2D eigenvalue weighted by atomic mass is 35.5. The van der Waals surface area contributed by atoms with Crippen LogP contribution in [0.3, 0.4) is 0 Å². The maximum Gasteiger partial charge on any atom is 0.138 e. The summed E-state index contributed by atoms with van der Waals surface area (Å²) in [5, 5.41) is 12.2. The van der Waals surface area contributed by atoms with Crippen LogP contribution in [0.15, 0.2) is 0 Å². The summed E-state index contributed by atoms with van der Waals surface area (Å²) in [5.74, 6) is 2.33. The smallest absolute Gasteiger partial charge is 0.138 e. The summed E-state index contributed by atoms with van der Waals surface area (Å²) < 4.78 is 0. The van der Waals surface area contributed by atoms with Gasteiger partial charge in [-0.1, -0.05) is 5.92 Å². The summed E-state index contributed by atoms with van der Waals surface area (Å²) in [6, 6.07) is 0. The highest BCUT2D eigenvalue weighted by Crippen LogP contribution is 2.11. The van der Waals surface area contributed by atoms with Crippen LogP contribution in [0.4, 0.5) is 0 Å². The van der Waals surface area contributed by atoms with Crippen LogP contribution in [0.1, 0.15) is 6.42 Å². The molecule has 2 N–H and O–H groups in total. The van der Waals surface area contributed by atoms with Crippen LogP contribution >= 0.6 is 12.4 Å². The molecule has 1 heterocycles. The average molecular weight is 148 g/mol.